The van der Waals surface area contributed by atoms with Crippen molar-refractivity contribution in [2.75, 3.05) is 19.5 Å². The van der Waals surface area contributed by atoms with Crippen LogP contribution < -0.4 is 14.8 Å². The maximum Gasteiger partial charge on any atom is 0.225 e. The van der Waals surface area contributed by atoms with Crippen molar-refractivity contribution >= 4 is 34.7 Å². The fraction of sp³-hybridized carbons (Fsp3) is 0.200. The van der Waals surface area contributed by atoms with E-state index < -0.39 is 0 Å². The van der Waals surface area contributed by atoms with E-state index in [1.807, 2.05) is 42.5 Å². The van der Waals surface area contributed by atoms with Crippen LogP contribution in [0.5, 0.6) is 11.5 Å². The molecule has 7 heteroatoms. The van der Waals surface area contributed by atoms with E-state index in [0.717, 1.165) is 27.4 Å². The highest BCUT2D eigenvalue weighted by atomic mass is 35.5. The largest absolute Gasteiger partial charge is 0.493 e. The summed E-state index contributed by atoms with van der Waals surface area (Å²) in [5.74, 6) is 1.17. The second-order valence-electron chi connectivity index (χ2n) is 6.20. The fourth-order valence-electron chi connectivity index (χ4n) is 3.30. The van der Waals surface area contributed by atoms with E-state index in [9.17, 15) is 4.79 Å². The van der Waals surface area contributed by atoms with Crippen LogP contribution in [0, 0.1) is 0 Å². The summed E-state index contributed by atoms with van der Waals surface area (Å²) in [6.45, 7) is 0. The van der Waals surface area contributed by atoms with E-state index in [1.54, 1.807) is 14.2 Å². The molecule has 2 heterocycles. The van der Waals surface area contributed by atoms with Gasteiger partial charge in [0.15, 0.2) is 11.5 Å². The maximum absolute atomic E-state index is 12.4. The minimum atomic E-state index is -0.0566. The lowest BCUT2D eigenvalue weighted by Crippen LogP contribution is -2.22. The molecule has 1 aliphatic rings. The van der Waals surface area contributed by atoms with Crippen molar-refractivity contribution in [3.8, 4) is 22.8 Å². The van der Waals surface area contributed by atoms with E-state index in [4.69, 9.17) is 21.1 Å². The van der Waals surface area contributed by atoms with Crippen molar-refractivity contribution in [3.63, 3.8) is 0 Å². The highest BCUT2D eigenvalue weighted by molar-refractivity contribution is 7.07. The molecule has 1 aliphatic heterocycles. The molecule has 138 valence electrons. The van der Waals surface area contributed by atoms with Crippen molar-refractivity contribution in [2.24, 2.45) is 0 Å². The molecular formula is C20H17ClN2O3S. The Hall–Kier alpha value is -2.57. The number of hydrogen-bond donors (Lipinski definition) is 1. The van der Waals surface area contributed by atoms with E-state index in [1.165, 1.54) is 11.5 Å². The number of methoxy groups -OCH3 is 2. The summed E-state index contributed by atoms with van der Waals surface area (Å²) in [5.41, 5.74) is 3.36. The predicted octanol–water partition coefficient (Wildman–Crippen LogP) is 4.95. The van der Waals surface area contributed by atoms with Gasteiger partial charge in [-0.05, 0) is 47.4 Å². The van der Waals surface area contributed by atoms with Gasteiger partial charge in [0.2, 0.25) is 5.91 Å². The number of rotatable bonds is 4. The number of fused-ring (bicyclic) bond motifs is 1. The Kier molecular flexibility index (Phi) is 4.76. The first-order valence-corrected chi connectivity index (χ1v) is 9.53. The van der Waals surface area contributed by atoms with Gasteiger partial charge in [-0.25, -0.2) is 0 Å². The molecule has 1 aromatic heterocycles. The topological polar surface area (TPSA) is 60.5 Å². The van der Waals surface area contributed by atoms with E-state index in [2.05, 4.69) is 9.69 Å². The highest BCUT2D eigenvalue weighted by Crippen LogP contribution is 2.46. The van der Waals surface area contributed by atoms with Crippen LogP contribution >= 0.6 is 23.1 Å². The monoisotopic (exact) mass is 400 g/mol. The van der Waals surface area contributed by atoms with E-state index >= 15 is 0 Å². The first-order valence-electron chi connectivity index (χ1n) is 8.38. The molecule has 1 amide bonds. The zero-order valence-electron chi connectivity index (χ0n) is 14.8. The Bertz CT molecular complexity index is 1020. The van der Waals surface area contributed by atoms with Crippen LogP contribution in [0.1, 0.15) is 22.8 Å². The number of carbonyl (C=O) groups is 1. The molecule has 4 rings (SSSR count). The van der Waals surface area contributed by atoms with Gasteiger partial charge in [-0.2, -0.15) is 4.37 Å². The average Bonchev–Trinajstić information content (AvgIpc) is 3.10. The van der Waals surface area contributed by atoms with E-state index in [-0.39, 0.29) is 11.8 Å². The first kappa shape index (κ1) is 17.8. The quantitative estimate of drug-likeness (QED) is 0.672. The summed E-state index contributed by atoms with van der Waals surface area (Å²) >= 11 is 7.55. The first-order chi connectivity index (χ1) is 13.1. The minimum Gasteiger partial charge on any atom is -0.493 e. The fourth-order valence-corrected chi connectivity index (χ4v) is 4.47. The van der Waals surface area contributed by atoms with Gasteiger partial charge in [0.1, 0.15) is 5.69 Å². The van der Waals surface area contributed by atoms with Gasteiger partial charge in [-0.15, -0.1) is 0 Å². The number of amides is 1. The van der Waals surface area contributed by atoms with Crippen LogP contribution in [0.3, 0.4) is 0 Å². The van der Waals surface area contributed by atoms with Crippen LogP contribution in [-0.4, -0.2) is 24.5 Å². The molecule has 0 bridgehead atoms. The predicted molar refractivity (Wildman–Crippen MR) is 107 cm³/mol. The van der Waals surface area contributed by atoms with Crippen molar-refractivity contribution in [1.82, 2.24) is 4.37 Å². The van der Waals surface area contributed by atoms with Crippen LogP contribution in [0.2, 0.25) is 5.02 Å². The van der Waals surface area contributed by atoms with Gasteiger partial charge < -0.3 is 14.8 Å². The van der Waals surface area contributed by atoms with Gasteiger partial charge in [-0.1, -0.05) is 23.7 Å². The molecule has 0 radical (unpaired) electrons. The van der Waals surface area contributed by atoms with Crippen LogP contribution in [0.25, 0.3) is 11.3 Å². The Labute approximate surface area is 166 Å². The van der Waals surface area contributed by atoms with Crippen molar-refractivity contribution in [1.29, 1.82) is 0 Å². The smallest absolute Gasteiger partial charge is 0.225 e. The number of benzene rings is 2. The molecule has 0 fully saturated rings. The molecular weight excluding hydrogens is 384 g/mol. The lowest BCUT2D eigenvalue weighted by atomic mass is 9.89. The van der Waals surface area contributed by atoms with Crippen molar-refractivity contribution in [2.45, 2.75) is 12.3 Å². The third kappa shape index (κ3) is 3.26. The molecule has 0 saturated carbocycles. The minimum absolute atomic E-state index is 0.0330. The molecule has 2 aromatic carbocycles. The summed E-state index contributed by atoms with van der Waals surface area (Å²) in [4.78, 5) is 13.4. The number of aromatic nitrogens is 1. The normalized spacial score (nSPS) is 15.8. The van der Waals surface area contributed by atoms with E-state index in [0.29, 0.717) is 22.9 Å². The number of ether oxygens (including phenoxy) is 2. The Morgan fingerprint density at radius 2 is 1.96 bits per heavy atom. The number of halogens is 1. The number of hydrogen-bond acceptors (Lipinski definition) is 5. The summed E-state index contributed by atoms with van der Waals surface area (Å²) in [5, 5.41) is 3.65. The lowest BCUT2D eigenvalue weighted by molar-refractivity contribution is -0.116. The summed E-state index contributed by atoms with van der Waals surface area (Å²) < 4.78 is 15.3. The van der Waals surface area contributed by atoms with Gasteiger partial charge in [0.05, 0.1) is 24.8 Å². The van der Waals surface area contributed by atoms with Crippen molar-refractivity contribution < 1.29 is 14.3 Å². The molecule has 0 spiro atoms. The molecule has 3 aromatic rings. The molecule has 0 saturated heterocycles. The Morgan fingerprint density at radius 1 is 1.15 bits per heavy atom. The van der Waals surface area contributed by atoms with Gasteiger partial charge in [0.25, 0.3) is 0 Å². The zero-order valence-corrected chi connectivity index (χ0v) is 16.4. The summed E-state index contributed by atoms with van der Waals surface area (Å²) in [6, 6.07) is 13.2. The highest BCUT2D eigenvalue weighted by Gasteiger charge is 2.31. The van der Waals surface area contributed by atoms with Crippen LogP contribution in [0.15, 0.2) is 42.5 Å². The SMILES string of the molecule is COc1ccc(-c2nsc3c2NC(=O)CC3c2cccc(Cl)c2)cc1OC. The second-order valence-corrected chi connectivity index (χ2v) is 7.44. The van der Waals surface area contributed by atoms with Gasteiger partial charge >= 0.3 is 0 Å². The molecule has 1 N–H and O–H groups in total. The van der Waals surface area contributed by atoms with Crippen molar-refractivity contribution in [3.05, 3.63) is 57.9 Å². The molecule has 1 atom stereocenters. The summed E-state index contributed by atoms with van der Waals surface area (Å²) in [7, 11) is 3.19. The van der Waals surface area contributed by atoms with Crippen LogP contribution in [0.4, 0.5) is 5.69 Å². The lowest BCUT2D eigenvalue weighted by Gasteiger charge is -2.23. The number of carbonyl (C=O) groups excluding carboxylic acids is 1. The molecule has 0 aliphatic carbocycles. The van der Waals surface area contributed by atoms with Crippen LogP contribution in [-0.2, 0) is 4.79 Å². The molecule has 1 unspecified atom stereocenters. The third-order valence-corrected chi connectivity index (χ3v) is 5.79. The average molecular weight is 401 g/mol. The molecule has 5 nitrogen and oxygen atoms in total. The zero-order chi connectivity index (χ0) is 19.0. The Morgan fingerprint density at radius 3 is 2.70 bits per heavy atom. The summed E-state index contributed by atoms with van der Waals surface area (Å²) in [6.07, 6.45) is 0.376. The standard InChI is InChI=1S/C20H17ClN2O3S/c1-25-15-7-6-12(9-16(15)26-2)18-19-20(27-23-18)14(10-17(24)22-19)11-4-3-5-13(21)8-11/h3-9,14H,10H2,1-2H3,(H,22,24). The Balaban J connectivity index is 1.80. The van der Waals surface area contributed by atoms with Gasteiger partial charge in [0, 0.05) is 22.9 Å². The third-order valence-electron chi connectivity index (χ3n) is 4.60. The number of anilines is 1. The second kappa shape index (κ2) is 7.21. The number of nitrogens with zero attached hydrogens (tertiary/aromatic N) is 1. The molecule has 27 heavy (non-hydrogen) atoms. The maximum atomic E-state index is 12.4. The number of nitrogens with one attached hydrogen (secondary N) is 1. The van der Waals surface area contributed by atoms with Gasteiger partial charge in [-0.3, -0.25) is 4.79 Å².